The number of hydrogen-bond acceptors (Lipinski definition) is 6. The quantitative estimate of drug-likeness (QED) is 0.421. The van der Waals surface area contributed by atoms with Crippen LogP contribution in [0.25, 0.3) is 22.6 Å². The molecule has 0 radical (unpaired) electrons. The first-order valence-electron chi connectivity index (χ1n) is 7.92. The van der Waals surface area contributed by atoms with Gasteiger partial charge in [-0.1, -0.05) is 11.6 Å². The van der Waals surface area contributed by atoms with Gasteiger partial charge in [-0.05, 0) is 42.5 Å². The van der Waals surface area contributed by atoms with Crippen molar-refractivity contribution in [2.24, 2.45) is 5.14 Å². The molecule has 0 bridgehead atoms. The van der Waals surface area contributed by atoms with Gasteiger partial charge < -0.3 is 9.73 Å². The fourth-order valence-corrected chi connectivity index (χ4v) is 3.12. The first-order chi connectivity index (χ1) is 13.6. The minimum Gasteiger partial charge on any atom is -0.421 e. The Bertz CT molecular complexity index is 1180. The first kappa shape index (κ1) is 20.7. The fourth-order valence-electron chi connectivity index (χ4n) is 2.42. The minimum absolute atomic E-state index is 0.0756. The standard InChI is InChI=1S/C17H14ClFN4O5S/c1-21-16(24)23(25)17-22-14(10-4-7-13(19)12(18)8-10)15(28-17)9-2-5-11(6-3-9)29(20,26)27/h2-8,25H,1H3,(H,21,24)(H2,20,26,27). The molecule has 3 rings (SSSR count). The van der Waals surface area contributed by atoms with Gasteiger partial charge in [-0.2, -0.15) is 4.98 Å². The van der Waals surface area contributed by atoms with Crippen LogP contribution in [0.2, 0.25) is 5.02 Å². The number of oxazole rings is 1. The number of sulfonamides is 1. The maximum atomic E-state index is 13.5. The maximum Gasteiger partial charge on any atom is 0.349 e. The third kappa shape index (κ3) is 4.22. The van der Waals surface area contributed by atoms with Crippen LogP contribution in [0.1, 0.15) is 0 Å². The number of carbonyl (C=O) groups excluding carboxylic acids is 1. The Labute approximate surface area is 169 Å². The van der Waals surface area contributed by atoms with Gasteiger partial charge >= 0.3 is 12.0 Å². The lowest BCUT2D eigenvalue weighted by molar-refractivity contribution is 0.197. The number of anilines is 1. The van der Waals surface area contributed by atoms with Crippen molar-refractivity contribution in [1.82, 2.24) is 10.3 Å². The average molecular weight is 441 g/mol. The molecule has 9 nitrogen and oxygen atoms in total. The van der Waals surface area contributed by atoms with Gasteiger partial charge in [-0.25, -0.2) is 22.7 Å². The van der Waals surface area contributed by atoms with E-state index in [9.17, 15) is 22.8 Å². The summed E-state index contributed by atoms with van der Waals surface area (Å²) in [7, 11) is -2.61. The normalized spacial score (nSPS) is 11.3. The number of aromatic nitrogens is 1. The molecule has 0 aliphatic heterocycles. The van der Waals surface area contributed by atoms with Crippen LogP contribution in [0.3, 0.4) is 0 Å². The number of nitrogens with two attached hydrogens (primary N) is 1. The summed E-state index contributed by atoms with van der Waals surface area (Å²) >= 11 is 5.84. The summed E-state index contributed by atoms with van der Waals surface area (Å²) in [4.78, 5) is 15.6. The smallest absolute Gasteiger partial charge is 0.349 e. The molecule has 0 saturated heterocycles. The molecule has 29 heavy (non-hydrogen) atoms. The van der Waals surface area contributed by atoms with Crippen LogP contribution in [0, 0.1) is 5.82 Å². The van der Waals surface area contributed by atoms with E-state index in [0.717, 1.165) is 6.07 Å². The van der Waals surface area contributed by atoms with Crippen LogP contribution in [0.5, 0.6) is 0 Å². The molecule has 3 aromatic rings. The third-order valence-corrected chi connectivity index (χ3v) is 5.06. The van der Waals surface area contributed by atoms with E-state index in [1.807, 2.05) is 0 Å². The second-order valence-corrected chi connectivity index (χ2v) is 7.71. The number of amides is 2. The van der Waals surface area contributed by atoms with Crippen LogP contribution in [0.15, 0.2) is 51.8 Å². The van der Waals surface area contributed by atoms with Gasteiger partial charge in [0.1, 0.15) is 11.5 Å². The molecule has 0 fully saturated rings. The predicted molar refractivity (Wildman–Crippen MR) is 102 cm³/mol. The number of primary sulfonamides is 1. The molecular formula is C17H14ClFN4O5S. The number of nitrogens with one attached hydrogen (secondary N) is 1. The van der Waals surface area contributed by atoms with Crippen molar-refractivity contribution < 1.29 is 27.2 Å². The lowest BCUT2D eigenvalue weighted by Crippen LogP contribution is -2.35. The van der Waals surface area contributed by atoms with E-state index >= 15 is 0 Å². The second-order valence-electron chi connectivity index (χ2n) is 5.74. The van der Waals surface area contributed by atoms with E-state index in [-0.39, 0.29) is 26.4 Å². The highest BCUT2D eigenvalue weighted by Gasteiger charge is 2.24. The molecule has 152 valence electrons. The topological polar surface area (TPSA) is 139 Å². The molecule has 2 amide bonds. The van der Waals surface area contributed by atoms with Crippen molar-refractivity contribution >= 4 is 33.7 Å². The van der Waals surface area contributed by atoms with Gasteiger partial charge in [0.15, 0.2) is 5.76 Å². The van der Waals surface area contributed by atoms with Crippen molar-refractivity contribution in [2.45, 2.75) is 4.90 Å². The predicted octanol–water partition coefficient (Wildman–Crippen LogP) is 2.98. The molecule has 0 spiro atoms. The number of halogens is 2. The maximum absolute atomic E-state index is 13.5. The number of rotatable bonds is 4. The fraction of sp³-hybridized carbons (Fsp3) is 0.0588. The highest BCUT2D eigenvalue weighted by molar-refractivity contribution is 7.89. The van der Waals surface area contributed by atoms with Crippen molar-refractivity contribution in [2.75, 3.05) is 12.1 Å². The van der Waals surface area contributed by atoms with Crippen LogP contribution >= 0.6 is 11.6 Å². The molecule has 0 unspecified atom stereocenters. The number of hydrogen-bond donors (Lipinski definition) is 3. The highest BCUT2D eigenvalue weighted by Crippen LogP contribution is 2.36. The zero-order chi connectivity index (χ0) is 21.3. The first-order valence-corrected chi connectivity index (χ1v) is 9.84. The number of urea groups is 1. The molecule has 12 heteroatoms. The molecular weight excluding hydrogens is 427 g/mol. The summed E-state index contributed by atoms with van der Waals surface area (Å²) in [6.07, 6.45) is 0. The zero-order valence-electron chi connectivity index (χ0n) is 14.8. The average Bonchev–Trinajstić information content (AvgIpc) is 3.13. The van der Waals surface area contributed by atoms with Crippen LogP contribution in [0.4, 0.5) is 15.2 Å². The van der Waals surface area contributed by atoms with E-state index < -0.39 is 27.9 Å². The minimum atomic E-state index is -3.90. The Morgan fingerprint density at radius 2 is 1.86 bits per heavy atom. The van der Waals surface area contributed by atoms with E-state index in [2.05, 4.69) is 10.3 Å². The van der Waals surface area contributed by atoms with Crippen molar-refractivity contribution in [1.29, 1.82) is 0 Å². The van der Waals surface area contributed by atoms with E-state index in [4.69, 9.17) is 21.2 Å². The number of hydroxylamine groups is 1. The molecule has 0 aliphatic carbocycles. The summed E-state index contributed by atoms with van der Waals surface area (Å²) in [6.45, 7) is 0. The Kier molecular flexibility index (Phi) is 5.57. The van der Waals surface area contributed by atoms with Crippen LogP contribution < -0.4 is 15.5 Å². The number of nitrogens with zero attached hydrogens (tertiary/aromatic N) is 2. The van der Waals surface area contributed by atoms with Gasteiger partial charge in [-0.15, -0.1) is 5.06 Å². The van der Waals surface area contributed by atoms with Crippen molar-refractivity contribution in [3.63, 3.8) is 0 Å². The van der Waals surface area contributed by atoms with E-state index in [1.165, 1.54) is 43.4 Å². The van der Waals surface area contributed by atoms with E-state index in [1.54, 1.807) is 0 Å². The Balaban J connectivity index is 2.17. The SMILES string of the molecule is CNC(=O)N(O)c1nc(-c2ccc(F)c(Cl)c2)c(-c2ccc(S(N)(=O)=O)cc2)o1. The lowest BCUT2D eigenvalue weighted by Gasteiger charge is -2.08. The summed E-state index contributed by atoms with van der Waals surface area (Å²) in [5.41, 5.74) is 0.826. The third-order valence-electron chi connectivity index (χ3n) is 3.84. The van der Waals surface area contributed by atoms with Gasteiger partial charge in [0.05, 0.1) is 9.92 Å². The zero-order valence-corrected chi connectivity index (χ0v) is 16.3. The summed E-state index contributed by atoms with van der Waals surface area (Å²) < 4.78 is 42.0. The monoisotopic (exact) mass is 440 g/mol. The Morgan fingerprint density at radius 1 is 1.24 bits per heavy atom. The number of benzene rings is 2. The lowest BCUT2D eigenvalue weighted by atomic mass is 10.1. The second kappa shape index (κ2) is 7.79. The number of carbonyl (C=O) groups is 1. The molecule has 1 heterocycles. The molecule has 4 N–H and O–H groups in total. The van der Waals surface area contributed by atoms with Gasteiger partial charge in [-0.3, -0.25) is 5.21 Å². The van der Waals surface area contributed by atoms with Gasteiger partial charge in [0.25, 0.3) is 0 Å². The Hall–Kier alpha value is -2.99. The molecule has 0 aliphatic rings. The largest absolute Gasteiger partial charge is 0.421 e. The van der Waals surface area contributed by atoms with Gasteiger partial charge in [0.2, 0.25) is 10.0 Å². The Morgan fingerprint density at radius 3 is 2.41 bits per heavy atom. The summed E-state index contributed by atoms with van der Waals surface area (Å²) in [5.74, 6) is -0.570. The van der Waals surface area contributed by atoms with Crippen molar-refractivity contribution in [3.8, 4) is 22.6 Å². The molecule has 1 aromatic heterocycles. The molecule has 0 atom stereocenters. The van der Waals surface area contributed by atoms with Crippen LogP contribution in [-0.2, 0) is 10.0 Å². The molecule has 0 saturated carbocycles. The highest BCUT2D eigenvalue weighted by atomic mass is 35.5. The van der Waals surface area contributed by atoms with Crippen LogP contribution in [-0.4, -0.2) is 31.7 Å². The summed E-state index contributed by atoms with van der Waals surface area (Å²) in [5, 5.41) is 17.2. The van der Waals surface area contributed by atoms with Crippen molar-refractivity contribution in [3.05, 3.63) is 53.3 Å². The molecule has 2 aromatic carbocycles. The van der Waals surface area contributed by atoms with E-state index in [0.29, 0.717) is 11.1 Å². The summed E-state index contributed by atoms with van der Waals surface area (Å²) in [6, 6.07) is 7.73. The van der Waals surface area contributed by atoms with Gasteiger partial charge in [0, 0.05) is 18.2 Å².